The minimum atomic E-state index is 0. The molecule has 1 aromatic heterocycles. The van der Waals surface area contributed by atoms with Gasteiger partial charge in [0.1, 0.15) is 5.75 Å². The number of ether oxygens (including phenoxy) is 1. The molecule has 0 aliphatic carbocycles. The van der Waals surface area contributed by atoms with Crippen LogP contribution >= 0.6 is 11.6 Å². The van der Waals surface area contributed by atoms with Crippen molar-refractivity contribution >= 4 is 17.4 Å². The molecule has 1 heterocycles. The number of ketones is 1. The first-order chi connectivity index (χ1) is 12.1. The lowest BCUT2D eigenvalue weighted by Gasteiger charge is -2.03. The first kappa shape index (κ1) is 20.1. The van der Waals surface area contributed by atoms with Crippen LogP contribution in [0.5, 0.6) is 5.75 Å². The molecule has 0 N–H and O–H groups in total. The Morgan fingerprint density at radius 2 is 1.50 bits per heavy atom. The Bertz CT molecular complexity index is 847. The molecule has 0 fully saturated rings. The maximum absolute atomic E-state index is 12.3. The molecular formula is C21H19BrClNO2. The molecule has 0 radical (unpaired) electrons. The lowest BCUT2D eigenvalue weighted by Crippen LogP contribution is -3.00. The van der Waals surface area contributed by atoms with Gasteiger partial charge in [0, 0.05) is 22.7 Å². The number of carbonyl (C=O) groups excluding carboxylic acids is 1. The van der Waals surface area contributed by atoms with Crippen LogP contribution in [0.1, 0.15) is 21.5 Å². The number of halogens is 2. The van der Waals surface area contributed by atoms with Crippen molar-refractivity contribution in [3.05, 3.63) is 94.8 Å². The topological polar surface area (TPSA) is 30.2 Å². The number of aromatic nitrogens is 1. The smallest absolute Gasteiger partial charge is 0.227 e. The quantitative estimate of drug-likeness (QED) is 0.432. The van der Waals surface area contributed by atoms with Gasteiger partial charge in [0.2, 0.25) is 12.3 Å². The van der Waals surface area contributed by atoms with Crippen LogP contribution in [0.15, 0.2) is 73.1 Å². The number of pyridine rings is 1. The van der Waals surface area contributed by atoms with Crippen LogP contribution in [-0.4, -0.2) is 12.9 Å². The zero-order chi connectivity index (χ0) is 17.6. The molecule has 0 atom stereocenters. The van der Waals surface area contributed by atoms with E-state index >= 15 is 0 Å². The van der Waals surface area contributed by atoms with Crippen LogP contribution in [0.3, 0.4) is 0 Å². The van der Waals surface area contributed by atoms with Crippen LogP contribution in [0.4, 0.5) is 0 Å². The first-order valence-electron chi connectivity index (χ1n) is 8.04. The van der Waals surface area contributed by atoms with Gasteiger partial charge in [-0.25, -0.2) is 0 Å². The Hall–Kier alpha value is -2.17. The van der Waals surface area contributed by atoms with Crippen molar-refractivity contribution in [1.82, 2.24) is 0 Å². The number of rotatable bonds is 6. The van der Waals surface area contributed by atoms with E-state index < -0.39 is 0 Å². The third-order valence-corrected chi connectivity index (χ3v) is 4.27. The summed E-state index contributed by atoms with van der Waals surface area (Å²) in [7, 11) is 1.61. The predicted octanol–water partition coefficient (Wildman–Crippen LogP) is 1.11. The van der Waals surface area contributed by atoms with E-state index in [-0.39, 0.29) is 22.8 Å². The number of carbonyl (C=O) groups is 1. The molecule has 5 heteroatoms. The van der Waals surface area contributed by atoms with Crippen molar-refractivity contribution in [1.29, 1.82) is 0 Å². The molecule has 0 aliphatic heterocycles. The van der Waals surface area contributed by atoms with Gasteiger partial charge in [0.15, 0.2) is 12.4 Å². The summed E-state index contributed by atoms with van der Waals surface area (Å²) in [5.41, 5.74) is 3.07. The fraction of sp³-hybridized carbons (Fsp3) is 0.143. The Balaban J connectivity index is 0.00000243. The van der Waals surface area contributed by atoms with Gasteiger partial charge in [-0.05, 0) is 53.9 Å². The summed E-state index contributed by atoms with van der Waals surface area (Å²) in [4.78, 5) is 12.3. The Morgan fingerprint density at radius 1 is 0.923 bits per heavy atom. The maximum Gasteiger partial charge on any atom is 0.227 e. The van der Waals surface area contributed by atoms with Crippen molar-refractivity contribution in [3.8, 4) is 5.75 Å². The molecule has 3 rings (SSSR count). The van der Waals surface area contributed by atoms with E-state index in [2.05, 4.69) is 0 Å². The third-order valence-electron chi connectivity index (χ3n) is 4.02. The second-order valence-electron chi connectivity index (χ2n) is 5.83. The third kappa shape index (κ3) is 5.41. The summed E-state index contributed by atoms with van der Waals surface area (Å²) in [6, 6.07) is 19.1. The van der Waals surface area contributed by atoms with Gasteiger partial charge in [-0.15, -0.1) is 0 Å². The Kier molecular flexibility index (Phi) is 7.37. The van der Waals surface area contributed by atoms with E-state index in [1.807, 2.05) is 53.4 Å². The second-order valence-corrected chi connectivity index (χ2v) is 6.27. The number of Topliss-reactive ketones (excluding diaryl/α,β-unsaturated/α-hetero) is 1. The Labute approximate surface area is 169 Å². The van der Waals surface area contributed by atoms with Crippen molar-refractivity contribution in [2.45, 2.75) is 13.0 Å². The lowest BCUT2D eigenvalue weighted by atomic mass is 10.1. The van der Waals surface area contributed by atoms with E-state index in [4.69, 9.17) is 16.3 Å². The van der Waals surface area contributed by atoms with Gasteiger partial charge < -0.3 is 21.7 Å². The molecular weight excluding hydrogens is 414 g/mol. The van der Waals surface area contributed by atoms with Crippen LogP contribution in [0.2, 0.25) is 5.02 Å². The van der Waals surface area contributed by atoms with E-state index in [0.29, 0.717) is 12.1 Å². The van der Waals surface area contributed by atoms with Gasteiger partial charge in [-0.3, -0.25) is 4.79 Å². The average molecular weight is 433 g/mol. The molecule has 3 aromatic rings. The van der Waals surface area contributed by atoms with Crippen LogP contribution in [0.25, 0.3) is 0 Å². The molecule has 0 amide bonds. The summed E-state index contributed by atoms with van der Waals surface area (Å²) in [6.45, 7) is 0.313. The fourth-order valence-corrected chi connectivity index (χ4v) is 2.71. The highest BCUT2D eigenvalue weighted by Crippen LogP contribution is 2.13. The van der Waals surface area contributed by atoms with Gasteiger partial charge in [-0.2, -0.15) is 4.57 Å². The van der Waals surface area contributed by atoms with E-state index in [9.17, 15) is 4.79 Å². The molecule has 0 bridgehead atoms. The lowest BCUT2D eigenvalue weighted by molar-refractivity contribution is -0.683. The van der Waals surface area contributed by atoms with Gasteiger partial charge >= 0.3 is 0 Å². The number of hydrogen-bond acceptors (Lipinski definition) is 2. The molecule has 0 saturated heterocycles. The highest BCUT2D eigenvalue weighted by atomic mass is 79.9. The maximum atomic E-state index is 12.3. The molecule has 2 aromatic carbocycles. The normalized spacial score (nSPS) is 10.1. The predicted molar refractivity (Wildman–Crippen MR) is 98.2 cm³/mol. The summed E-state index contributed by atoms with van der Waals surface area (Å²) in [5, 5.41) is 0.742. The molecule has 0 spiro atoms. The van der Waals surface area contributed by atoms with Crippen LogP contribution in [0, 0.1) is 0 Å². The van der Waals surface area contributed by atoms with Crippen molar-refractivity contribution in [3.63, 3.8) is 0 Å². The summed E-state index contributed by atoms with van der Waals surface area (Å²) in [5.74, 6) is 0.814. The highest BCUT2D eigenvalue weighted by molar-refractivity contribution is 6.30. The largest absolute Gasteiger partial charge is 1.00 e. The second kappa shape index (κ2) is 9.51. The minimum absolute atomic E-state index is 0. The SMILES string of the molecule is COc1ccc(C(=O)C[n+]2ccc(Cc3ccc(Cl)cc3)cc2)cc1.[Br-]. The zero-order valence-electron chi connectivity index (χ0n) is 14.4. The van der Waals surface area contributed by atoms with E-state index in [1.54, 1.807) is 31.4 Å². The van der Waals surface area contributed by atoms with Gasteiger partial charge in [0.25, 0.3) is 0 Å². The van der Waals surface area contributed by atoms with Crippen molar-refractivity contribution < 1.29 is 31.1 Å². The van der Waals surface area contributed by atoms with Gasteiger partial charge in [-0.1, -0.05) is 23.7 Å². The van der Waals surface area contributed by atoms with E-state index in [0.717, 1.165) is 17.2 Å². The number of benzene rings is 2. The average Bonchev–Trinajstić information content (AvgIpc) is 2.65. The van der Waals surface area contributed by atoms with Crippen molar-refractivity contribution in [2.75, 3.05) is 7.11 Å². The molecule has 3 nitrogen and oxygen atoms in total. The molecule has 0 saturated carbocycles. The number of nitrogens with zero attached hydrogens (tertiary/aromatic N) is 1. The summed E-state index contributed by atoms with van der Waals surface area (Å²) in [6.07, 6.45) is 4.71. The fourth-order valence-electron chi connectivity index (χ4n) is 2.58. The highest BCUT2D eigenvalue weighted by Gasteiger charge is 2.12. The van der Waals surface area contributed by atoms with Gasteiger partial charge in [0.05, 0.1) is 7.11 Å². The minimum Gasteiger partial charge on any atom is -1.00 e. The molecule has 134 valence electrons. The Morgan fingerprint density at radius 3 is 2.08 bits per heavy atom. The zero-order valence-corrected chi connectivity index (χ0v) is 16.7. The van der Waals surface area contributed by atoms with E-state index in [1.165, 1.54) is 11.1 Å². The molecule has 0 aliphatic rings. The molecule has 26 heavy (non-hydrogen) atoms. The number of methoxy groups -OCH3 is 1. The first-order valence-corrected chi connectivity index (χ1v) is 8.41. The monoisotopic (exact) mass is 431 g/mol. The molecule has 0 unspecified atom stereocenters. The summed E-state index contributed by atoms with van der Waals surface area (Å²) >= 11 is 5.91. The van der Waals surface area contributed by atoms with Crippen molar-refractivity contribution in [2.24, 2.45) is 0 Å². The van der Waals surface area contributed by atoms with Crippen LogP contribution in [-0.2, 0) is 13.0 Å². The summed E-state index contributed by atoms with van der Waals surface area (Å²) < 4.78 is 7.00. The van der Waals surface area contributed by atoms with Crippen LogP contribution < -0.4 is 26.3 Å². The number of hydrogen-bond donors (Lipinski definition) is 0. The standard InChI is InChI=1S/C21H19ClNO2.BrH/c1-25-20-8-4-18(5-9-20)21(24)15-23-12-10-17(11-13-23)14-16-2-6-19(22)7-3-16;/h2-13H,14-15H2,1H3;1H/q+1;/p-1.